The first-order valence-corrected chi connectivity index (χ1v) is 8.32. The minimum Gasteiger partial charge on any atom is -0.300 e. The predicted octanol–water partition coefficient (Wildman–Crippen LogP) is 1.49. The van der Waals surface area contributed by atoms with E-state index in [1.54, 1.807) is 30.6 Å². The van der Waals surface area contributed by atoms with Crippen molar-refractivity contribution in [3.8, 4) is 11.1 Å². The summed E-state index contributed by atoms with van der Waals surface area (Å²) in [7, 11) is -0.706. The predicted molar refractivity (Wildman–Crippen MR) is 88.1 cm³/mol. The molecule has 0 atom stereocenters. The van der Waals surface area contributed by atoms with Crippen LogP contribution in [0.2, 0.25) is 0 Å². The highest BCUT2D eigenvalue weighted by atomic mass is 32.2. The average Bonchev–Trinajstić information content (AvgIpc) is 2.46. The summed E-state index contributed by atoms with van der Waals surface area (Å²) in [4.78, 5) is 19.4. The van der Waals surface area contributed by atoms with E-state index >= 15 is 0 Å². The van der Waals surface area contributed by atoms with Crippen LogP contribution >= 0.6 is 0 Å². The maximum Gasteiger partial charge on any atom is 0.301 e. The summed E-state index contributed by atoms with van der Waals surface area (Å²) in [5.41, 5.74) is 2.57. The first kappa shape index (κ1) is 17.0. The van der Waals surface area contributed by atoms with Gasteiger partial charge in [0.05, 0.1) is 11.9 Å². The van der Waals surface area contributed by atoms with E-state index in [1.165, 1.54) is 27.2 Å². The minimum atomic E-state index is -3.59. The SMILES string of the molecule is CC(=O)Cc1cc(-c2cncc(NS(=O)(=O)N(C)C)c2)ccn1. The van der Waals surface area contributed by atoms with Crippen molar-refractivity contribution in [2.75, 3.05) is 18.8 Å². The normalized spacial score (nSPS) is 11.5. The van der Waals surface area contributed by atoms with Gasteiger partial charge in [0.1, 0.15) is 5.78 Å². The molecule has 0 aliphatic heterocycles. The molecule has 2 heterocycles. The summed E-state index contributed by atoms with van der Waals surface area (Å²) in [6, 6.07) is 5.26. The molecular formula is C15H18N4O3S. The molecule has 0 spiro atoms. The van der Waals surface area contributed by atoms with E-state index in [-0.39, 0.29) is 12.2 Å². The van der Waals surface area contributed by atoms with Crippen molar-refractivity contribution >= 4 is 21.7 Å². The number of pyridine rings is 2. The number of Topliss-reactive ketones (excluding diaryl/α,β-unsaturated/α-hetero) is 1. The largest absolute Gasteiger partial charge is 0.301 e. The topological polar surface area (TPSA) is 92.3 Å². The fourth-order valence-corrected chi connectivity index (χ4v) is 2.50. The van der Waals surface area contributed by atoms with Crippen LogP contribution in [0.25, 0.3) is 11.1 Å². The molecular weight excluding hydrogens is 316 g/mol. The van der Waals surface area contributed by atoms with E-state index < -0.39 is 10.2 Å². The molecule has 1 N–H and O–H groups in total. The van der Waals surface area contributed by atoms with Gasteiger partial charge in [-0.2, -0.15) is 12.7 Å². The fraction of sp³-hybridized carbons (Fsp3) is 0.267. The van der Waals surface area contributed by atoms with Gasteiger partial charge >= 0.3 is 10.2 Å². The van der Waals surface area contributed by atoms with Gasteiger partial charge in [0.2, 0.25) is 0 Å². The zero-order valence-corrected chi connectivity index (χ0v) is 14.0. The number of rotatable bonds is 6. The van der Waals surface area contributed by atoms with Crippen LogP contribution in [-0.2, 0) is 21.4 Å². The molecule has 0 aliphatic rings. The molecule has 0 saturated heterocycles. The lowest BCUT2D eigenvalue weighted by atomic mass is 10.1. The van der Waals surface area contributed by atoms with Crippen molar-refractivity contribution in [2.45, 2.75) is 13.3 Å². The smallest absolute Gasteiger partial charge is 0.300 e. The van der Waals surface area contributed by atoms with Crippen molar-refractivity contribution in [3.63, 3.8) is 0 Å². The molecule has 7 nitrogen and oxygen atoms in total. The second kappa shape index (κ2) is 6.84. The van der Waals surface area contributed by atoms with Crippen molar-refractivity contribution in [1.82, 2.24) is 14.3 Å². The molecule has 2 aromatic rings. The Morgan fingerprint density at radius 1 is 1.22 bits per heavy atom. The first-order valence-electron chi connectivity index (χ1n) is 6.88. The summed E-state index contributed by atoms with van der Waals surface area (Å²) < 4.78 is 27.2. The van der Waals surface area contributed by atoms with Gasteiger partial charge in [-0.3, -0.25) is 19.5 Å². The van der Waals surface area contributed by atoms with Crippen LogP contribution in [0.15, 0.2) is 36.8 Å². The zero-order valence-electron chi connectivity index (χ0n) is 13.1. The molecule has 0 unspecified atom stereocenters. The Morgan fingerprint density at radius 3 is 2.61 bits per heavy atom. The Morgan fingerprint density at radius 2 is 1.96 bits per heavy atom. The maximum atomic E-state index is 11.9. The highest BCUT2D eigenvalue weighted by Gasteiger charge is 2.13. The third-order valence-electron chi connectivity index (χ3n) is 3.05. The number of anilines is 1. The molecule has 0 aliphatic carbocycles. The summed E-state index contributed by atoms with van der Waals surface area (Å²) >= 11 is 0. The summed E-state index contributed by atoms with van der Waals surface area (Å²) in [6.45, 7) is 1.51. The average molecular weight is 334 g/mol. The number of carbonyl (C=O) groups excluding carboxylic acids is 1. The zero-order chi connectivity index (χ0) is 17.0. The van der Waals surface area contributed by atoms with Gasteiger partial charge in [-0.05, 0) is 30.7 Å². The number of ketones is 1. The van der Waals surface area contributed by atoms with Crippen molar-refractivity contribution in [3.05, 3.63) is 42.5 Å². The number of nitrogens with one attached hydrogen (secondary N) is 1. The second-order valence-electron chi connectivity index (χ2n) is 5.27. The van der Waals surface area contributed by atoms with Crippen LogP contribution in [0.3, 0.4) is 0 Å². The molecule has 0 bridgehead atoms. The Bertz CT molecular complexity index is 819. The van der Waals surface area contributed by atoms with Gasteiger partial charge < -0.3 is 0 Å². The lowest BCUT2D eigenvalue weighted by Gasteiger charge is -2.13. The van der Waals surface area contributed by atoms with Crippen LogP contribution in [0, 0.1) is 0 Å². The van der Waals surface area contributed by atoms with Crippen LogP contribution in [0.5, 0.6) is 0 Å². The van der Waals surface area contributed by atoms with Crippen LogP contribution < -0.4 is 4.72 Å². The molecule has 2 rings (SSSR count). The van der Waals surface area contributed by atoms with Gasteiger partial charge in [-0.25, -0.2) is 0 Å². The van der Waals surface area contributed by atoms with E-state index in [0.29, 0.717) is 11.4 Å². The third kappa shape index (κ3) is 4.57. The number of hydrogen-bond donors (Lipinski definition) is 1. The molecule has 2 aromatic heterocycles. The molecule has 8 heteroatoms. The van der Waals surface area contributed by atoms with Crippen molar-refractivity contribution < 1.29 is 13.2 Å². The van der Waals surface area contributed by atoms with E-state index in [1.807, 2.05) is 0 Å². The standard InChI is InChI=1S/C15H18N4O3S/c1-11(20)6-14-7-12(4-5-17-14)13-8-15(10-16-9-13)18-23(21,22)19(2)3/h4-5,7-10,18H,6H2,1-3H3. The highest BCUT2D eigenvalue weighted by Crippen LogP contribution is 2.22. The van der Waals surface area contributed by atoms with E-state index in [4.69, 9.17) is 0 Å². The molecule has 0 saturated carbocycles. The van der Waals surface area contributed by atoms with Gasteiger partial charge in [-0.15, -0.1) is 0 Å². The van der Waals surface area contributed by atoms with E-state index in [0.717, 1.165) is 15.4 Å². The monoisotopic (exact) mass is 334 g/mol. The van der Waals surface area contributed by atoms with Gasteiger partial charge in [-0.1, -0.05) is 0 Å². The van der Waals surface area contributed by atoms with E-state index in [2.05, 4.69) is 14.7 Å². The number of hydrogen-bond acceptors (Lipinski definition) is 5. The van der Waals surface area contributed by atoms with Crippen LogP contribution in [-0.4, -0.2) is 42.6 Å². The number of nitrogens with zero attached hydrogens (tertiary/aromatic N) is 3. The molecule has 0 radical (unpaired) electrons. The Hall–Kier alpha value is -2.32. The summed E-state index contributed by atoms with van der Waals surface area (Å²) in [6.07, 6.45) is 4.93. The van der Waals surface area contributed by atoms with Crippen molar-refractivity contribution in [1.29, 1.82) is 0 Å². The van der Waals surface area contributed by atoms with Gasteiger partial charge in [0, 0.05) is 44.2 Å². The summed E-state index contributed by atoms with van der Waals surface area (Å²) in [5, 5.41) is 0. The van der Waals surface area contributed by atoms with Crippen molar-refractivity contribution in [2.24, 2.45) is 0 Å². The molecule has 0 amide bonds. The lowest BCUT2D eigenvalue weighted by molar-refractivity contribution is -0.116. The Labute approximate surface area is 135 Å². The van der Waals surface area contributed by atoms with Gasteiger partial charge in [0.25, 0.3) is 0 Å². The second-order valence-corrected chi connectivity index (χ2v) is 7.15. The van der Waals surface area contributed by atoms with Crippen LogP contribution in [0.1, 0.15) is 12.6 Å². The third-order valence-corrected chi connectivity index (χ3v) is 4.50. The summed E-state index contributed by atoms with van der Waals surface area (Å²) in [5.74, 6) is 0.0280. The maximum absolute atomic E-state index is 11.9. The fourth-order valence-electron chi connectivity index (χ4n) is 1.90. The minimum absolute atomic E-state index is 0.0280. The quantitative estimate of drug-likeness (QED) is 0.864. The molecule has 122 valence electrons. The Kier molecular flexibility index (Phi) is 5.07. The molecule has 23 heavy (non-hydrogen) atoms. The molecule has 0 fully saturated rings. The molecule has 0 aromatic carbocycles. The first-order chi connectivity index (χ1) is 10.8. The number of carbonyl (C=O) groups is 1. The van der Waals surface area contributed by atoms with E-state index in [9.17, 15) is 13.2 Å². The lowest BCUT2D eigenvalue weighted by Crippen LogP contribution is -2.28. The highest BCUT2D eigenvalue weighted by molar-refractivity contribution is 7.90. The van der Waals surface area contributed by atoms with Crippen LogP contribution in [0.4, 0.5) is 5.69 Å². The number of aromatic nitrogens is 2. The van der Waals surface area contributed by atoms with Gasteiger partial charge in [0.15, 0.2) is 0 Å². The Balaban J connectivity index is 2.31.